The van der Waals surface area contributed by atoms with E-state index >= 15 is 0 Å². The van der Waals surface area contributed by atoms with Crippen molar-refractivity contribution >= 4 is 17.4 Å². The summed E-state index contributed by atoms with van der Waals surface area (Å²) in [7, 11) is 0. The summed E-state index contributed by atoms with van der Waals surface area (Å²) < 4.78 is 67.1. The third-order valence-electron chi connectivity index (χ3n) is 5.19. The standard InChI is InChI=1S/C19H17F5N6O/c20-13-2-1-3-14(21)12(13)10-25-17(31)11-6-8-29(9-7-11)16-5-4-15-26-27-18(19(22,23)24)30(15)28-16/h1-5,11H,6-10H2,(H,25,31). The third kappa shape index (κ3) is 4.28. The topological polar surface area (TPSA) is 75.4 Å². The number of anilines is 1. The van der Waals surface area contributed by atoms with Crippen molar-refractivity contribution in [2.75, 3.05) is 18.0 Å². The molecule has 3 heterocycles. The first-order valence-electron chi connectivity index (χ1n) is 9.49. The monoisotopic (exact) mass is 440 g/mol. The van der Waals surface area contributed by atoms with Gasteiger partial charge in [0.25, 0.3) is 5.82 Å². The molecule has 0 unspecified atom stereocenters. The molecule has 3 aromatic rings. The molecule has 1 saturated heterocycles. The summed E-state index contributed by atoms with van der Waals surface area (Å²) in [4.78, 5) is 14.2. The number of halogens is 5. The first kappa shape index (κ1) is 20.9. The van der Waals surface area contributed by atoms with Gasteiger partial charge in [-0.15, -0.1) is 15.3 Å². The molecule has 0 atom stereocenters. The Hall–Kier alpha value is -3.31. The molecule has 1 aliphatic heterocycles. The van der Waals surface area contributed by atoms with E-state index in [9.17, 15) is 26.7 Å². The van der Waals surface area contributed by atoms with Crippen LogP contribution in [-0.4, -0.2) is 38.8 Å². The van der Waals surface area contributed by atoms with Gasteiger partial charge in [-0.3, -0.25) is 4.79 Å². The van der Waals surface area contributed by atoms with Gasteiger partial charge in [0, 0.05) is 31.1 Å². The molecule has 0 spiro atoms. The van der Waals surface area contributed by atoms with Crippen molar-refractivity contribution in [2.45, 2.75) is 25.6 Å². The molecule has 164 valence electrons. The van der Waals surface area contributed by atoms with E-state index in [4.69, 9.17) is 0 Å². The van der Waals surface area contributed by atoms with Gasteiger partial charge in [-0.05, 0) is 37.1 Å². The van der Waals surface area contributed by atoms with Crippen LogP contribution in [0.1, 0.15) is 24.2 Å². The zero-order chi connectivity index (χ0) is 22.2. The van der Waals surface area contributed by atoms with Gasteiger partial charge in [-0.2, -0.15) is 17.7 Å². The Morgan fingerprint density at radius 3 is 2.39 bits per heavy atom. The number of hydrogen-bond acceptors (Lipinski definition) is 5. The van der Waals surface area contributed by atoms with Crippen LogP contribution in [0.25, 0.3) is 5.65 Å². The number of aromatic nitrogens is 4. The van der Waals surface area contributed by atoms with E-state index in [1.54, 1.807) is 11.0 Å². The van der Waals surface area contributed by atoms with Crippen LogP contribution < -0.4 is 10.2 Å². The van der Waals surface area contributed by atoms with Crippen LogP contribution in [0.5, 0.6) is 0 Å². The molecule has 31 heavy (non-hydrogen) atoms. The highest BCUT2D eigenvalue weighted by Crippen LogP contribution is 2.28. The molecule has 0 saturated carbocycles. The minimum atomic E-state index is -4.69. The Bertz CT molecular complexity index is 1090. The number of carbonyl (C=O) groups is 1. The zero-order valence-electron chi connectivity index (χ0n) is 16.0. The minimum Gasteiger partial charge on any atom is -0.355 e. The second kappa shape index (κ2) is 8.08. The summed E-state index contributed by atoms with van der Waals surface area (Å²) >= 11 is 0. The Morgan fingerprint density at radius 2 is 1.74 bits per heavy atom. The van der Waals surface area contributed by atoms with E-state index in [1.165, 1.54) is 12.1 Å². The van der Waals surface area contributed by atoms with Crippen LogP contribution in [0.4, 0.5) is 27.8 Å². The quantitative estimate of drug-likeness (QED) is 0.632. The van der Waals surface area contributed by atoms with Gasteiger partial charge in [0.2, 0.25) is 5.91 Å². The number of amides is 1. The smallest absolute Gasteiger partial charge is 0.355 e. The van der Waals surface area contributed by atoms with Gasteiger partial charge in [-0.25, -0.2) is 8.78 Å². The number of alkyl halides is 3. The maximum absolute atomic E-state index is 13.7. The van der Waals surface area contributed by atoms with Crippen molar-refractivity contribution in [3.63, 3.8) is 0 Å². The van der Waals surface area contributed by atoms with Gasteiger partial charge >= 0.3 is 6.18 Å². The number of carbonyl (C=O) groups excluding carboxylic acids is 1. The number of nitrogens with zero attached hydrogens (tertiary/aromatic N) is 5. The van der Waals surface area contributed by atoms with E-state index in [0.717, 1.165) is 12.1 Å². The number of rotatable bonds is 4. The molecule has 0 aliphatic carbocycles. The van der Waals surface area contributed by atoms with Crippen molar-refractivity contribution in [2.24, 2.45) is 5.92 Å². The Balaban J connectivity index is 1.39. The molecular weight excluding hydrogens is 423 g/mol. The molecule has 1 N–H and O–H groups in total. The van der Waals surface area contributed by atoms with Gasteiger partial charge in [0.05, 0.1) is 0 Å². The predicted molar refractivity (Wildman–Crippen MR) is 98.9 cm³/mol. The van der Waals surface area contributed by atoms with Crippen molar-refractivity contribution < 1.29 is 26.7 Å². The predicted octanol–water partition coefficient (Wildman–Crippen LogP) is 2.95. The van der Waals surface area contributed by atoms with Crippen LogP contribution in [0.15, 0.2) is 30.3 Å². The number of nitrogens with one attached hydrogen (secondary N) is 1. The van der Waals surface area contributed by atoms with E-state index in [0.29, 0.717) is 36.3 Å². The molecular formula is C19H17F5N6O. The number of piperidine rings is 1. The summed E-state index contributed by atoms with van der Waals surface area (Å²) in [6.07, 6.45) is -3.85. The fourth-order valence-electron chi connectivity index (χ4n) is 3.52. The first-order chi connectivity index (χ1) is 14.7. The van der Waals surface area contributed by atoms with E-state index in [1.807, 2.05) is 0 Å². The Kier molecular flexibility index (Phi) is 5.46. The number of fused-ring (bicyclic) bond motifs is 1. The summed E-state index contributed by atoms with van der Waals surface area (Å²) in [5.41, 5.74) is -0.231. The Morgan fingerprint density at radius 1 is 1.06 bits per heavy atom. The van der Waals surface area contributed by atoms with Crippen molar-refractivity contribution in [3.8, 4) is 0 Å². The number of hydrogen-bond donors (Lipinski definition) is 1. The van der Waals surface area contributed by atoms with Crippen molar-refractivity contribution in [1.29, 1.82) is 0 Å². The lowest BCUT2D eigenvalue weighted by molar-refractivity contribution is -0.146. The lowest BCUT2D eigenvalue weighted by Crippen LogP contribution is -2.41. The van der Waals surface area contributed by atoms with Gasteiger partial charge in [0.1, 0.15) is 17.5 Å². The molecule has 12 heteroatoms. The second-order valence-electron chi connectivity index (χ2n) is 7.16. The molecule has 1 aliphatic rings. The van der Waals surface area contributed by atoms with E-state index < -0.39 is 23.6 Å². The lowest BCUT2D eigenvalue weighted by atomic mass is 9.96. The first-order valence-corrected chi connectivity index (χ1v) is 9.49. The van der Waals surface area contributed by atoms with Gasteiger partial charge in [0.15, 0.2) is 5.65 Å². The SMILES string of the molecule is O=C(NCc1c(F)cccc1F)C1CCN(c2ccc3nnc(C(F)(F)F)n3n2)CC1. The maximum Gasteiger partial charge on any atom is 0.453 e. The van der Waals surface area contributed by atoms with E-state index in [-0.39, 0.29) is 29.6 Å². The number of benzene rings is 1. The largest absolute Gasteiger partial charge is 0.453 e. The summed E-state index contributed by atoms with van der Waals surface area (Å²) in [5, 5.41) is 13.2. The second-order valence-corrected chi connectivity index (χ2v) is 7.16. The normalized spacial score (nSPS) is 15.5. The Labute approximate surface area is 172 Å². The molecule has 4 rings (SSSR count). The average molecular weight is 440 g/mol. The summed E-state index contributed by atoms with van der Waals surface area (Å²) in [6.45, 7) is 0.506. The summed E-state index contributed by atoms with van der Waals surface area (Å²) in [6, 6.07) is 6.42. The van der Waals surface area contributed by atoms with Crippen LogP contribution >= 0.6 is 0 Å². The van der Waals surface area contributed by atoms with Crippen LogP contribution in [0, 0.1) is 17.6 Å². The average Bonchev–Trinajstić information content (AvgIpc) is 3.17. The van der Waals surface area contributed by atoms with Gasteiger partial charge in [-0.1, -0.05) is 6.07 Å². The van der Waals surface area contributed by atoms with Crippen molar-refractivity contribution in [1.82, 2.24) is 25.1 Å². The highest BCUT2D eigenvalue weighted by atomic mass is 19.4. The molecule has 0 radical (unpaired) electrons. The molecule has 0 bridgehead atoms. The van der Waals surface area contributed by atoms with Crippen LogP contribution in [-0.2, 0) is 17.5 Å². The van der Waals surface area contributed by atoms with E-state index in [2.05, 4.69) is 20.6 Å². The molecule has 1 amide bonds. The van der Waals surface area contributed by atoms with Crippen LogP contribution in [0.3, 0.4) is 0 Å². The van der Waals surface area contributed by atoms with Gasteiger partial charge < -0.3 is 10.2 Å². The highest BCUT2D eigenvalue weighted by molar-refractivity contribution is 5.79. The molecule has 2 aromatic heterocycles. The summed E-state index contributed by atoms with van der Waals surface area (Å²) in [5.74, 6) is -3.07. The molecule has 7 nitrogen and oxygen atoms in total. The lowest BCUT2D eigenvalue weighted by Gasteiger charge is -2.32. The fourth-order valence-corrected chi connectivity index (χ4v) is 3.52. The third-order valence-corrected chi connectivity index (χ3v) is 5.19. The molecule has 1 fully saturated rings. The zero-order valence-corrected chi connectivity index (χ0v) is 16.0. The maximum atomic E-state index is 13.7. The molecule has 1 aromatic carbocycles. The highest BCUT2D eigenvalue weighted by Gasteiger charge is 2.38. The minimum absolute atomic E-state index is 0.0225. The fraction of sp³-hybridized carbons (Fsp3) is 0.368. The van der Waals surface area contributed by atoms with Crippen molar-refractivity contribution in [3.05, 3.63) is 53.4 Å². The van der Waals surface area contributed by atoms with Crippen LogP contribution in [0.2, 0.25) is 0 Å².